The van der Waals surface area contributed by atoms with Crippen molar-refractivity contribution in [1.29, 1.82) is 0 Å². The van der Waals surface area contributed by atoms with Crippen LogP contribution in [0.15, 0.2) is 30.3 Å². The van der Waals surface area contributed by atoms with E-state index in [9.17, 15) is 4.79 Å². The SMILES string of the molecule is C[C@H](CCO)NC(=O)OCc1ccccc1. The molecule has 0 unspecified atom stereocenters. The Balaban J connectivity index is 2.25. The molecule has 0 saturated carbocycles. The molecule has 0 spiro atoms. The molecule has 1 rings (SSSR count). The van der Waals surface area contributed by atoms with Gasteiger partial charge in [-0.05, 0) is 18.9 Å². The highest BCUT2D eigenvalue weighted by atomic mass is 16.5. The fourth-order valence-corrected chi connectivity index (χ4v) is 1.23. The van der Waals surface area contributed by atoms with Gasteiger partial charge in [0.15, 0.2) is 0 Å². The van der Waals surface area contributed by atoms with Crippen molar-refractivity contribution in [3.63, 3.8) is 0 Å². The van der Waals surface area contributed by atoms with Gasteiger partial charge in [0, 0.05) is 12.6 Å². The van der Waals surface area contributed by atoms with Gasteiger partial charge < -0.3 is 15.2 Å². The van der Waals surface area contributed by atoms with Crippen molar-refractivity contribution < 1.29 is 14.6 Å². The first-order chi connectivity index (χ1) is 7.72. The lowest BCUT2D eigenvalue weighted by molar-refractivity contribution is 0.134. The van der Waals surface area contributed by atoms with Crippen molar-refractivity contribution in [2.24, 2.45) is 0 Å². The number of rotatable bonds is 5. The van der Waals surface area contributed by atoms with Crippen LogP contribution in [0.25, 0.3) is 0 Å². The fourth-order valence-electron chi connectivity index (χ4n) is 1.23. The van der Waals surface area contributed by atoms with Crippen LogP contribution < -0.4 is 5.32 Å². The first-order valence-electron chi connectivity index (χ1n) is 5.30. The van der Waals surface area contributed by atoms with Crippen LogP contribution in [-0.2, 0) is 11.3 Å². The highest BCUT2D eigenvalue weighted by Crippen LogP contribution is 2.00. The summed E-state index contributed by atoms with van der Waals surface area (Å²) < 4.78 is 5.01. The zero-order valence-electron chi connectivity index (χ0n) is 9.35. The van der Waals surface area contributed by atoms with Crippen molar-refractivity contribution in [2.75, 3.05) is 6.61 Å². The molecule has 16 heavy (non-hydrogen) atoms. The second-order valence-electron chi connectivity index (χ2n) is 3.62. The predicted molar refractivity (Wildman–Crippen MR) is 60.9 cm³/mol. The maximum Gasteiger partial charge on any atom is 0.407 e. The highest BCUT2D eigenvalue weighted by Gasteiger charge is 2.07. The summed E-state index contributed by atoms with van der Waals surface area (Å²) in [6.07, 6.45) is 0.0743. The second kappa shape index (κ2) is 6.85. The monoisotopic (exact) mass is 223 g/mol. The number of aliphatic hydroxyl groups is 1. The molecule has 1 aromatic rings. The molecule has 0 aliphatic rings. The van der Waals surface area contributed by atoms with Gasteiger partial charge in [-0.1, -0.05) is 30.3 Å². The number of nitrogens with one attached hydrogen (secondary N) is 1. The molecule has 2 N–H and O–H groups in total. The number of carbonyl (C=O) groups excluding carboxylic acids is 1. The van der Waals surface area contributed by atoms with E-state index < -0.39 is 6.09 Å². The van der Waals surface area contributed by atoms with Crippen LogP contribution in [0.2, 0.25) is 0 Å². The molecule has 0 aromatic heterocycles. The Morgan fingerprint density at radius 3 is 2.75 bits per heavy atom. The number of amides is 1. The third-order valence-electron chi connectivity index (χ3n) is 2.14. The van der Waals surface area contributed by atoms with E-state index in [1.165, 1.54) is 0 Å². The van der Waals surface area contributed by atoms with Gasteiger partial charge >= 0.3 is 6.09 Å². The molecule has 0 radical (unpaired) electrons. The van der Waals surface area contributed by atoms with Crippen molar-refractivity contribution in [3.05, 3.63) is 35.9 Å². The topological polar surface area (TPSA) is 58.6 Å². The van der Waals surface area contributed by atoms with E-state index in [0.717, 1.165) is 5.56 Å². The summed E-state index contributed by atoms with van der Waals surface area (Å²) in [4.78, 5) is 11.3. The van der Waals surface area contributed by atoms with Crippen LogP contribution in [0.5, 0.6) is 0 Å². The molecule has 88 valence electrons. The van der Waals surface area contributed by atoms with Crippen LogP contribution in [0.3, 0.4) is 0 Å². The molecule has 4 nitrogen and oxygen atoms in total. The summed E-state index contributed by atoms with van der Waals surface area (Å²) in [7, 11) is 0. The Morgan fingerprint density at radius 1 is 1.44 bits per heavy atom. The van der Waals surface area contributed by atoms with Gasteiger partial charge in [-0.15, -0.1) is 0 Å². The fraction of sp³-hybridized carbons (Fsp3) is 0.417. The van der Waals surface area contributed by atoms with E-state index in [0.29, 0.717) is 6.42 Å². The van der Waals surface area contributed by atoms with Gasteiger partial charge in [-0.3, -0.25) is 0 Å². The number of aliphatic hydroxyl groups excluding tert-OH is 1. The zero-order chi connectivity index (χ0) is 11.8. The van der Waals surface area contributed by atoms with Gasteiger partial charge in [0.05, 0.1) is 0 Å². The van der Waals surface area contributed by atoms with E-state index in [2.05, 4.69) is 5.32 Å². The second-order valence-corrected chi connectivity index (χ2v) is 3.62. The van der Waals surface area contributed by atoms with Crippen LogP contribution in [-0.4, -0.2) is 23.8 Å². The van der Waals surface area contributed by atoms with E-state index in [1.807, 2.05) is 37.3 Å². The molecule has 4 heteroatoms. The molecule has 1 aromatic carbocycles. The summed E-state index contributed by atoms with van der Waals surface area (Å²) in [5, 5.41) is 11.3. The van der Waals surface area contributed by atoms with Gasteiger partial charge in [-0.2, -0.15) is 0 Å². The van der Waals surface area contributed by atoms with Crippen LogP contribution >= 0.6 is 0 Å². The van der Waals surface area contributed by atoms with E-state index in [-0.39, 0.29) is 19.3 Å². The molecular weight excluding hydrogens is 206 g/mol. The van der Waals surface area contributed by atoms with E-state index in [1.54, 1.807) is 0 Å². The first kappa shape index (κ1) is 12.5. The number of carbonyl (C=O) groups is 1. The van der Waals surface area contributed by atoms with Gasteiger partial charge in [0.1, 0.15) is 6.61 Å². The van der Waals surface area contributed by atoms with Gasteiger partial charge in [0.2, 0.25) is 0 Å². The average Bonchev–Trinajstić information content (AvgIpc) is 2.28. The number of hydrogen-bond acceptors (Lipinski definition) is 3. The number of alkyl carbamates (subject to hydrolysis) is 1. The van der Waals surface area contributed by atoms with E-state index in [4.69, 9.17) is 9.84 Å². The molecule has 1 atom stereocenters. The lowest BCUT2D eigenvalue weighted by atomic mass is 10.2. The molecule has 0 saturated heterocycles. The molecule has 0 heterocycles. The largest absolute Gasteiger partial charge is 0.445 e. The quantitative estimate of drug-likeness (QED) is 0.798. The van der Waals surface area contributed by atoms with Crippen LogP contribution in [0.1, 0.15) is 18.9 Å². The van der Waals surface area contributed by atoms with Crippen LogP contribution in [0.4, 0.5) is 4.79 Å². The maximum absolute atomic E-state index is 11.3. The minimum absolute atomic E-state index is 0.0557. The molecule has 0 aliphatic heterocycles. The first-order valence-corrected chi connectivity index (χ1v) is 5.30. The lowest BCUT2D eigenvalue weighted by Crippen LogP contribution is -2.33. The normalized spacial score (nSPS) is 11.9. The van der Waals surface area contributed by atoms with Crippen molar-refractivity contribution in [1.82, 2.24) is 5.32 Å². The summed E-state index contributed by atoms with van der Waals surface area (Å²) in [5.74, 6) is 0. The van der Waals surface area contributed by atoms with Gasteiger partial charge in [0.25, 0.3) is 0 Å². The summed E-state index contributed by atoms with van der Waals surface area (Å²) in [5.41, 5.74) is 0.951. The lowest BCUT2D eigenvalue weighted by Gasteiger charge is -2.12. The third kappa shape index (κ3) is 4.79. The molecule has 1 amide bonds. The number of benzene rings is 1. The Kier molecular flexibility index (Phi) is 5.36. The predicted octanol–water partition coefficient (Wildman–Crippen LogP) is 1.68. The average molecular weight is 223 g/mol. The van der Waals surface area contributed by atoms with Gasteiger partial charge in [-0.25, -0.2) is 4.79 Å². The summed E-state index contributed by atoms with van der Waals surface area (Å²) in [6.45, 7) is 2.14. The zero-order valence-corrected chi connectivity index (χ0v) is 9.35. The Morgan fingerprint density at radius 2 is 2.12 bits per heavy atom. The molecule has 0 fully saturated rings. The standard InChI is InChI=1S/C12H17NO3/c1-10(7-8-14)13-12(15)16-9-11-5-3-2-4-6-11/h2-6,10,14H,7-9H2,1H3,(H,13,15)/t10-/m1/s1. The molecular formula is C12H17NO3. The Hall–Kier alpha value is -1.55. The third-order valence-corrected chi connectivity index (χ3v) is 2.14. The molecule has 0 aliphatic carbocycles. The van der Waals surface area contributed by atoms with Crippen molar-refractivity contribution >= 4 is 6.09 Å². The van der Waals surface area contributed by atoms with Crippen LogP contribution in [0, 0.1) is 0 Å². The maximum atomic E-state index is 11.3. The molecule has 0 bridgehead atoms. The Bertz CT molecular complexity index is 313. The van der Waals surface area contributed by atoms with E-state index >= 15 is 0 Å². The summed E-state index contributed by atoms with van der Waals surface area (Å²) in [6, 6.07) is 9.41. The minimum atomic E-state index is -0.454. The number of hydrogen-bond donors (Lipinski definition) is 2. The summed E-state index contributed by atoms with van der Waals surface area (Å²) >= 11 is 0. The smallest absolute Gasteiger partial charge is 0.407 e. The minimum Gasteiger partial charge on any atom is -0.445 e. The van der Waals surface area contributed by atoms with Crippen molar-refractivity contribution in [2.45, 2.75) is 26.0 Å². The number of ether oxygens (including phenoxy) is 1. The van der Waals surface area contributed by atoms with Crippen molar-refractivity contribution in [3.8, 4) is 0 Å². The Labute approximate surface area is 95.2 Å². The highest BCUT2D eigenvalue weighted by molar-refractivity contribution is 5.67.